The molecule has 1 rings (SSSR count). The zero-order valence-corrected chi connectivity index (χ0v) is 5.37. The van der Waals surface area contributed by atoms with Crippen LogP contribution in [0.2, 0.25) is 4.47 Å². The highest BCUT2D eigenvalue weighted by atomic mass is 35.5. The molecule has 0 fully saturated rings. The molecule has 0 spiro atoms. The van der Waals surface area contributed by atoms with Crippen LogP contribution in [0, 0.1) is 0 Å². The highest BCUT2D eigenvalue weighted by Crippen LogP contribution is 2.02. The monoisotopic (exact) mass is 147 g/mol. The molecule has 0 bridgehead atoms. The molecule has 1 aromatic heterocycles. The fourth-order valence-electron chi connectivity index (χ4n) is 0.300. The molecular weight excluding hydrogens is 146 g/mol. The molecule has 0 aliphatic rings. The summed E-state index contributed by atoms with van der Waals surface area (Å²) in [4.78, 5) is 14.0. The van der Waals surface area contributed by atoms with Gasteiger partial charge in [0.05, 0.1) is 0 Å². The minimum Gasteiger partial charge on any atom is -0.278 e. The molecule has 0 aliphatic carbocycles. The molecule has 0 saturated carbocycles. The van der Waals surface area contributed by atoms with Gasteiger partial charge in [-0.05, 0) is 0 Å². The van der Waals surface area contributed by atoms with E-state index < -0.39 is 0 Å². The topological polar surface area (TPSA) is 30.0 Å². The minimum absolute atomic E-state index is 0.0648. The van der Waals surface area contributed by atoms with Gasteiger partial charge in [0, 0.05) is 12.3 Å². The molecule has 0 aromatic carbocycles. The lowest BCUT2D eigenvalue weighted by Gasteiger charge is -1.78. The Hall–Kier alpha value is -0.410. The maximum atomic E-state index is 10.4. The summed E-state index contributed by atoms with van der Waals surface area (Å²) in [5, 5.41) is 0. The molecule has 1 heterocycles. The Morgan fingerprint density at radius 1 is 1.75 bits per heavy atom. The van der Waals surface area contributed by atoms with Gasteiger partial charge in [0.2, 0.25) is 4.74 Å². The molecule has 8 heavy (non-hydrogen) atoms. The van der Waals surface area contributed by atoms with Crippen molar-refractivity contribution in [2.45, 2.75) is 0 Å². The van der Waals surface area contributed by atoms with Crippen LogP contribution in [-0.4, -0.2) is 4.98 Å². The van der Waals surface area contributed by atoms with Gasteiger partial charge in [-0.3, -0.25) is 4.79 Å². The van der Waals surface area contributed by atoms with Gasteiger partial charge in [-0.25, -0.2) is 4.98 Å². The smallest absolute Gasteiger partial charge is 0.236 e. The summed E-state index contributed by atoms with van der Waals surface area (Å²) >= 11 is 6.28. The van der Waals surface area contributed by atoms with E-state index in [0.29, 0.717) is 0 Å². The van der Waals surface area contributed by atoms with Gasteiger partial charge in [-0.15, -0.1) is 0 Å². The highest BCUT2D eigenvalue weighted by Gasteiger charge is 1.85. The van der Waals surface area contributed by atoms with Crippen LogP contribution in [0.3, 0.4) is 0 Å². The van der Waals surface area contributed by atoms with Crippen LogP contribution in [-0.2, 0) is 0 Å². The van der Waals surface area contributed by atoms with Gasteiger partial charge in [-0.1, -0.05) is 22.9 Å². The van der Waals surface area contributed by atoms with Crippen LogP contribution in [0.15, 0.2) is 17.1 Å². The molecule has 0 atom stereocenters. The van der Waals surface area contributed by atoms with Crippen molar-refractivity contribution in [3.05, 3.63) is 26.3 Å². The van der Waals surface area contributed by atoms with E-state index in [1.165, 1.54) is 12.3 Å². The minimum atomic E-state index is -0.0648. The second-order valence-electron chi connectivity index (χ2n) is 1.12. The third-order valence-electron chi connectivity index (χ3n) is 0.571. The summed E-state index contributed by atoms with van der Waals surface area (Å²) in [6.07, 6.45) is 1.39. The molecule has 0 radical (unpaired) electrons. The highest BCUT2D eigenvalue weighted by molar-refractivity contribution is 7.13. The lowest BCUT2D eigenvalue weighted by Crippen LogP contribution is -1.89. The van der Waals surface area contributed by atoms with Gasteiger partial charge in [0.1, 0.15) is 0 Å². The van der Waals surface area contributed by atoms with Crippen LogP contribution < -0.4 is 4.74 Å². The summed E-state index contributed by atoms with van der Waals surface area (Å²) in [7, 11) is 0. The lowest BCUT2D eigenvalue weighted by molar-refractivity contribution is 1.38. The third-order valence-corrected chi connectivity index (χ3v) is 1.51. The maximum Gasteiger partial charge on any atom is 0.236 e. The van der Waals surface area contributed by atoms with Gasteiger partial charge in [0.15, 0.2) is 4.47 Å². The standard InChI is InChI=1S/C4H2ClNOS/c5-4-6-2-1-3(7)8-4/h1-2H. The second-order valence-corrected chi connectivity index (χ2v) is 2.69. The number of nitrogens with zero attached hydrogens (tertiary/aromatic N) is 1. The molecule has 0 unspecified atom stereocenters. The van der Waals surface area contributed by atoms with Crippen molar-refractivity contribution in [2.75, 3.05) is 0 Å². The predicted octanol–water partition coefficient (Wildman–Crippen LogP) is 1.16. The summed E-state index contributed by atoms with van der Waals surface area (Å²) in [6, 6.07) is 1.37. The second kappa shape index (κ2) is 2.24. The van der Waals surface area contributed by atoms with Crippen molar-refractivity contribution in [3.8, 4) is 0 Å². The number of hydrogen-bond donors (Lipinski definition) is 0. The van der Waals surface area contributed by atoms with Gasteiger partial charge in [0.25, 0.3) is 0 Å². The molecule has 0 N–H and O–H groups in total. The number of aromatic nitrogens is 1. The lowest BCUT2D eigenvalue weighted by atomic mass is 10.8. The van der Waals surface area contributed by atoms with E-state index in [2.05, 4.69) is 4.98 Å². The van der Waals surface area contributed by atoms with E-state index in [-0.39, 0.29) is 9.21 Å². The van der Waals surface area contributed by atoms with Gasteiger partial charge >= 0.3 is 0 Å². The first-order chi connectivity index (χ1) is 3.79. The number of hydrogen-bond acceptors (Lipinski definition) is 3. The average molecular weight is 148 g/mol. The van der Waals surface area contributed by atoms with E-state index in [0.717, 1.165) is 11.3 Å². The van der Waals surface area contributed by atoms with Crippen LogP contribution in [0.4, 0.5) is 0 Å². The molecular formula is C4H2ClNOS. The fourth-order valence-corrected chi connectivity index (χ4v) is 0.993. The molecule has 0 amide bonds. The SMILES string of the molecule is O=c1ccnc(Cl)s1. The van der Waals surface area contributed by atoms with Crippen molar-refractivity contribution in [2.24, 2.45) is 0 Å². The first-order valence-electron chi connectivity index (χ1n) is 1.91. The van der Waals surface area contributed by atoms with Crippen molar-refractivity contribution in [3.63, 3.8) is 0 Å². The van der Waals surface area contributed by atoms with E-state index >= 15 is 0 Å². The molecule has 0 saturated heterocycles. The molecule has 4 heteroatoms. The first-order valence-corrected chi connectivity index (χ1v) is 3.10. The molecule has 0 aliphatic heterocycles. The fraction of sp³-hybridized carbons (Fsp3) is 0. The Morgan fingerprint density at radius 2 is 2.50 bits per heavy atom. The summed E-state index contributed by atoms with van der Waals surface area (Å²) in [5.41, 5.74) is 0. The Balaban J connectivity index is 3.28. The van der Waals surface area contributed by atoms with E-state index in [4.69, 9.17) is 11.6 Å². The van der Waals surface area contributed by atoms with Crippen molar-refractivity contribution >= 4 is 22.9 Å². The van der Waals surface area contributed by atoms with Crippen molar-refractivity contribution in [1.82, 2.24) is 4.98 Å². The van der Waals surface area contributed by atoms with Gasteiger partial charge < -0.3 is 0 Å². The van der Waals surface area contributed by atoms with Crippen molar-refractivity contribution < 1.29 is 0 Å². The Kier molecular flexibility index (Phi) is 1.60. The molecule has 2 nitrogen and oxygen atoms in total. The Bertz CT molecular complexity index is 233. The Morgan fingerprint density at radius 3 is 2.88 bits per heavy atom. The van der Waals surface area contributed by atoms with E-state index in [9.17, 15) is 4.79 Å². The molecule has 42 valence electrons. The number of halogens is 1. The zero-order chi connectivity index (χ0) is 5.98. The van der Waals surface area contributed by atoms with E-state index in [1.54, 1.807) is 0 Å². The summed E-state index contributed by atoms with van der Waals surface area (Å²) in [5.74, 6) is 0. The van der Waals surface area contributed by atoms with Crippen LogP contribution >= 0.6 is 22.9 Å². The van der Waals surface area contributed by atoms with Crippen LogP contribution in [0.25, 0.3) is 0 Å². The third kappa shape index (κ3) is 1.28. The van der Waals surface area contributed by atoms with Gasteiger partial charge in [-0.2, -0.15) is 0 Å². The van der Waals surface area contributed by atoms with Crippen LogP contribution in [0.5, 0.6) is 0 Å². The quantitative estimate of drug-likeness (QED) is 0.551. The Labute approximate surface area is 54.8 Å². The maximum absolute atomic E-state index is 10.4. The number of rotatable bonds is 0. The first kappa shape index (κ1) is 5.72. The summed E-state index contributed by atoms with van der Waals surface area (Å²) < 4.78 is 0.225. The summed E-state index contributed by atoms with van der Waals surface area (Å²) in [6.45, 7) is 0. The molecule has 1 aromatic rings. The predicted molar refractivity (Wildman–Crippen MR) is 33.4 cm³/mol. The van der Waals surface area contributed by atoms with E-state index in [1.807, 2.05) is 0 Å². The average Bonchev–Trinajstić information content (AvgIpc) is 1.64. The normalized spacial score (nSPS) is 9.12. The van der Waals surface area contributed by atoms with Crippen LogP contribution in [0.1, 0.15) is 0 Å². The zero-order valence-electron chi connectivity index (χ0n) is 3.80. The van der Waals surface area contributed by atoms with Crippen molar-refractivity contribution in [1.29, 1.82) is 0 Å². The largest absolute Gasteiger partial charge is 0.278 e.